The van der Waals surface area contributed by atoms with Crippen molar-refractivity contribution < 1.29 is 26.6 Å². The number of terminal acetylenes is 1. The third-order valence-electron chi connectivity index (χ3n) is 4.92. The van der Waals surface area contributed by atoms with Gasteiger partial charge in [0.2, 0.25) is 0 Å². The molecule has 12 heteroatoms. The molecule has 0 spiro atoms. The van der Waals surface area contributed by atoms with Crippen LogP contribution in [0.3, 0.4) is 0 Å². The minimum Gasteiger partial charge on any atom is -0.507 e. The van der Waals surface area contributed by atoms with Crippen LogP contribution in [0.25, 0.3) is 11.1 Å². The van der Waals surface area contributed by atoms with Crippen molar-refractivity contribution in [1.82, 2.24) is 10.6 Å². The van der Waals surface area contributed by atoms with Crippen LogP contribution in [0.15, 0.2) is 53.4 Å². The number of nitrogens with zero attached hydrogens (tertiary/aromatic N) is 1. The number of nitrogens with one attached hydrogen (secondary N) is 3. The average Bonchev–Trinajstić information content (AvgIpc) is 2.83. The number of aromatic hydroxyl groups is 1. The van der Waals surface area contributed by atoms with Gasteiger partial charge in [-0.1, -0.05) is 35.7 Å². The first-order valence-electron chi connectivity index (χ1n) is 9.86. The molecule has 0 aromatic heterocycles. The minimum atomic E-state index is -5.02. The summed E-state index contributed by atoms with van der Waals surface area (Å²) < 4.78 is 49.7. The highest BCUT2D eigenvalue weighted by Crippen LogP contribution is 2.38. The zero-order valence-corrected chi connectivity index (χ0v) is 19.6. The molecule has 0 radical (unpaired) electrons. The molecule has 3 aromatic carbocycles. The first-order valence-corrected chi connectivity index (χ1v) is 11.6. The summed E-state index contributed by atoms with van der Waals surface area (Å²) in [7, 11) is -5.02. The van der Waals surface area contributed by atoms with Crippen LogP contribution in [0, 0.1) is 34.9 Å². The van der Waals surface area contributed by atoms with Crippen molar-refractivity contribution in [2.45, 2.75) is 11.4 Å². The van der Waals surface area contributed by atoms with Crippen molar-refractivity contribution in [2.24, 2.45) is 0 Å². The molecule has 182 valence electrons. The Hall–Kier alpha value is -4.45. The molecule has 0 bridgehead atoms. The molecule has 8 nitrogen and oxygen atoms in total. The number of hydrogen-bond acceptors (Lipinski definition) is 6. The monoisotopic (exact) mass is 528 g/mol. The Morgan fingerprint density at radius 3 is 2.56 bits per heavy atom. The zero-order chi connectivity index (χ0) is 26.6. The molecule has 0 saturated carbocycles. The minimum absolute atomic E-state index is 0.0153. The van der Waals surface area contributed by atoms with Crippen molar-refractivity contribution in [2.75, 3.05) is 0 Å². The Labute approximate surface area is 209 Å². The van der Waals surface area contributed by atoms with Crippen molar-refractivity contribution in [1.29, 1.82) is 10.7 Å². The van der Waals surface area contributed by atoms with Crippen molar-refractivity contribution >= 4 is 33.7 Å². The number of carbonyl (C=O) groups excluding carboxylic acids is 1. The molecule has 0 heterocycles. The second-order valence-corrected chi connectivity index (χ2v) is 8.88. The lowest BCUT2D eigenvalue weighted by molar-refractivity contribution is 0.0973. The number of nitriles is 1. The van der Waals surface area contributed by atoms with Gasteiger partial charge in [-0.05, 0) is 35.9 Å². The van der Waals surface area contributed by atoms with Gasteiger partial charge < -0.3 is 10.4 Å². The van der Waals surface area contributed by atoms with Gasteiger partial charge in [0, 0.05) is 23.2 Å². The average molecular weight is 529 g/mol. The number of guanidine groups is 1. The Balaban J connectivity index is 1.87. The fourth-order valence-corrected chi connectivity index (χ4v) is 4.15. The molecule has 0 atom stereocenters. The molecule has 36 heavy (non-hydrogen) atoms. The maximum absolute atomic E-state index is 14.1. The van der Waals surface area contributed by atoms with E-state index in [1.54, 1.807) is 0 Å². The molecule has 3 rings (SSSR count). The second kappa shape index (κ2) is 10.4. The number of phenols is 1. The topological polar surface area (TPSA) is 143 Å². The van der Waals surface area contributed by atoms with Crippen LogP contribution in [-0.2, 0) is 16.8 Å². The van der Waals surface area contributed by atoms with Gasteiger partial charge in [-0.15, -0.1) is 10.3 Å². The van der Waals surface area contributed by atoms with Crippen LogP contribution in [0.1, 0.15) is 27.0 Å². The SMILES string of the molecule is C#Cc1cc(CNC(=N)NC(=O)c2c(O)ccc(C#N)c2-c2cccc(F)c2Cl)ccc1S(=O)(=O)F. The van der Waals surface area contributed by atoms with Gasteiger partial charge in [0.25, 0.3) is 5.91 Å². The molecule has 1 amide bonds. The Morgan fingerprint density at radius 1 is 1.19 bits per heavy atom. The van der Waals surface area contributed by atoms with Gasteiger partial charge in [-0.25, -0.2) is 4.39 Å². The molecule has 4 N–H and O–H groups in total. The number of halogens is 3. The molecule has 0 aliphatic carbocycles. The highest BCUT2D eigenvalue weighted by atomic mass is 35.5. The first-order chi connectivity index (χ1) is 17.0. The summed E-state index contributed by atoms with van der Waals surface area (Å²) in [5, 5.41) is 32.3. The highest BCUT2D eigenvalue weighted by molar-refractivity contribution is 7.86. The van der Waals surface area contributed by atoms with Gasteiger partial charge >= 0.3 is 10.2 Å². The van der Waals surface area contributed by atoms with Crippen LogP contribution >= 0.6 is 11.6 Å². The van der Waals surface area contributed by atoms with E-state index in [0.717, 1.165) is 18.2 Å². The number of rotatable bonds is 5. The van der Waals surface area contributed by atoms with Gasteiger partial charge in [0.1, 0.15) is 16.5 Å². The summed E-state index contributed by atoms with van der Waals surface area (Å²) in [5.41, 5.74) is -0.486. The molecule has 0 saturated heterocycles. The summed E-state index contributed by atoms with van der Waals surface area (Å²) >= 11 is 6.05. The number of hydrogen-bond donors (Lipinski definition) is 4. The predicted octanol–water partition coefficient (Wildman–Crippen LogP) is 3.82. The van der Waals surface area contributed by atoms with Gasteiger partial charge in [0.15, 0.2) is 5.96 Å². The highest BCUT2D eigenvalue weighted by Gasteiger charge is 2.24. The lowest BCUT2D eigenvalue weighted by atomic mass is 9.93. The van der Waals surface area contributed by atoms with Crippen LogP contribution in [0.4, 0.5) is 8.28 Å². The van der Waals surface area contributed by atoms with Crippen molar-refractivity contribution in [3.05, 3.63) is 81.6 Å². The fraction of sp³-hybridized carbons (Fsp3) is 0.0417. The van der Waals surface area contributed by atoms with E-state index in [4.69, 9.17) is 23.4 Å². The normalized spacial score (nSPS) is 10.7. The van der Waals surface area contributed by atoms with Crippen molar-refractivity contribution in [3.8, 4) is 35.3 Å². The maximum Gasteiger partial charge on any atom is 0.333 e. The Bertz CT molecular complexity index is 1590. The summed E-state index contributed by atoms with van der Waals surface area (Å²) in [6.07, 6.45) is 5.24. The number of benzene rings is 3. The lowest BCUT2D eigenvalue weighted by Gasteiger charge is -2.16. The zero-order valence-electron chi connectivity index (χ0n) is 18.1. The molecule has 0 fully saturated rings. The third kappa shape index (κ3) is 5.44. The van der Waals surface area contributed by atoms with E-state index >= 15 is 0 Å². The van der Waals surface area contributed by atoms with Crippen LogP contribution < -0.4 is 10.6 Å². The molecular formula is C24H15ClF2N4O4S. The quantitative estimate of drug-likeness (QED) is 0.172. The second-order valence-electron chi connectivity index (χ2n) is 7.19. The van der Waals surface area contributed by atoms with E-state index < -0.39 is 44.1 Å². The largest absolute Gasteiger partial charge is 0.507 e. The smallest absolute Gasteiger partial charge is 0.333 e. The maximum atomic E-state index is 14.1. The van der Waals surface area contributed by atoms with E-state index in [9.17, 15) is 31.9 Å². The molecule has 3 aromatic rings. The summed E-state index contributed by atoms with van der Waals surface area (Å²) in [4.78, 5) is 12.3. The number of amides is 1. The van der Waals surface area contributed by atoms with Gasteiger partial charge in [-0.2, -0.15) is 13.7 Å². The van der Waals surface area contributed by atoms with E-state index in [1.807, 2.05) is 6.07 Å². The van der Waals surface area contributed by atoms with Crippen LogP contribution in [-0.4, -0.2) is 25.4 Å². The van der Waals surface area contributed by atoms with E-state index in [-0.39, 0.29) is 33.8 Å². The standard InChI is InChI=1S/C24H15ClF2N4O4S/c1-2-14-10-13(6-9-19(14)36(27,34)35)12-30-24(29)31-23(33)21-18(32)8-7-15(11-28)20(21)16-4-3-5-17(26)22(16)25/h1,3-10,32H,12H2,(H3,29,30,31,33). The molecular weight excluding hydrogens is 514 g/mol. The Morgan fingerprint density at radius 2 is 1.92 bits per heavy atom. The summed E-state index contributed by atoms with van der Waals surface area (Å²) in [6.45, 7) is -0.118. The fourth-order valence-electron chi connectivity index (χ4n) is 3.31. The Kier molecular flexibility index (Phi) is 7.59. The van der Waals surface area contributed by atoms with Gasteiger partial charge in [0.05, 0.1) is 22.2 Å². The number of phenolic OH excluding ortho intramolecular Hbond substituents is 1. The van der Waals surface area contributed by atoms with E-state index in [2.05, 4.69) is 16.6 Å². The van der Waals surface area contributed by atoms with E-state index in [1.165, 1.54) is 30.3 Å². The van der Waals surface area contributed by atoms with E-state index in [0.29, 0.717) is 5.56 Å². The molecule has 0 unspecified atom stereocenters. The lowest BCUT2D eigenvalue weighted by Crippen LogP contribution is -2.40. The van der Waals surface area contributed by atoms with Crippen LogP contribution in [0.5, 0.6) is 5.75 Å². The van der Waals surface area contributed by atoms with Crippen LogP contribution in [0.2, 0.25) is 5.02 Å². The van der Waals surface area contributed by atoms with Gasteiger partial charge in [-0.3, -0.25) is 15.5 Å². The molecule has 0 aliphatic heterocycles. The summed E-state index contributed by atoms with van der Waals surface area (Å²) in [5.74, 6) is -0.820. The molecule has 0 aliphatic rings. The first kappa shape index (κ1) is 26.2. The van der Waals surface area contributed by atoms with Crippen molar-refractivity contribution in [3.63, 3.8) is 0 Å². The third-order valence-corrected chi connectivity index (χ3v) is 6.19. The number of carbonyl (C=O) groups is 1. The predicted molar refractivity (Wildman–Crippen MR) is 128 cm³/mol. The summed E-state index contributed by atoms with van der Waals surface area (Å²) in [6, 6.07) is 11.4.